The van der Waals surface area contributed by atoms with E-state index in [0.29, 0.717) is 11.3 Å². The van der Waals surface area contributed by atoms with Crippen LogP contribution in [0.5, 0.6) is 0 Å². The Morgan fingerprint density at radius 3 is 2.79 bits per heavy atom. The summed E-state index contributed by atoms with van der Waals surface area (Å²) in [5, 5.41) is 12.0. The van der Waals surface area contributed by atoms with Crippen molar-refractivity contribution in [3.8, 4) is 0 Å². The normalized spacial score (nSPS) is 22.4. The number of aryl methyl sites for hydroxylation is 2. The number of nitrogens with one attached hydrogen (secondary N) is 1. The second-order valence-electron chi connectivity index (χ2n) is 5.00. The van der Waals surface area contributed by atoms with Gasteiger partial charge in [0.25, 0.3) is 5.91 Å². The molecule has 104 valence electrons. The van der Waals surface area contributed by atoms with E-state index in [1.807, 2.05) is 13.0 Å². The Bertz CT molecular complexity index is 495. The quantitative estimate of drug-likeness (QED) is 0.891. The van der Waals surface area contributed by atoms with Gasteiger partial charge < -0.3 is 10.4 Å². The summed E-state index contributed by atoms with van der Waals surface area (Å²) in [6.07, 6.45) is 3.19. The van der Waals surface area contributed by atoms with Gasteiger partial charge in [0, 0.05) is 10.9 Å². The summed E-state index contributed by atoms with van der Waals surface area (Å²) in [4.78, 5) is 25.1. The lowest BCUT2D eigenvalue weighted by Gasteiger charge is -2.16. The molecule has 0 aromatic carbocycles. The number of rotatable bonds is 4. The fraction of sp³-hybridized carbons (Fsp3) is 0.571. The molecule has 4 nitrogen and oxygen atoms in total. The van der Waals surface area contributed by atoms with Crippen LogP contribution in [-0.2, 0) is 11.2 Å². The third-order valence-corrected chi connectivity index (χ3v) is 4.87. The van der Waals surface area contributed by atoms with Crippen LogP contribution in [0.2, 0.25) is 0 Å². The number of carbonyl (C=O) groups is 2. The highest BCUT2D eigenvalue weighted by Gasteiger charge is 2.34. The van der Waals surface area contributed by atoms with Gasteiger partial charge in [0.15, 0.2) is 0 Å². The Kier molecular flexibility index (Phi) is 4.24. The summed E-state index contributed by atoms with van der Waals surface area (Å²) in [5.41, 5.74) is 1.19. The van der Waals surface area contributed by atoms with Crippen LogP contribution in [-0.4, -0.2) is 23.0 Å². The largest absolute Gasteiger partial charge is 0.481 e. The van der Waals surface area contributed by atoms with Crippen LogP contribution in [0.15, 0.2) is 6.07 Å². The molecule has 0 radical (unpaired) electrons. The van der Waals surface area contributed by atoms with E-state index >= 15 is 0 Å². The first-order valence-electron chi connectivity index (χ1n) is 6.66. The molecule has 2 rings (SSSR count). The van der Waals surface area contributed by atoms with E-state index in [2.05, 4.69) is 12.2 Å². The van der Waals surface area contributed by atoms with Crippen molar-refractivity contribution in [1.82, 2.24) is 5.32 Å². The average Bonchev–Trinajstić information content (AvgIpc) is 2.95. The summed E-state index contributed by atoms with van der Waals surface area (Å²) < 4.78 is 0. The maximum Gasteiger partial charge on any atom is 0.308 e. The molecule has 1 heterocycles. The summed E-state index contributed by atoms with van der Waals surface area (Å²) in [6.45, 7) is 4.07. The minimum absolute atomic E-state index is 0.133. The predicted molar refractivity (Wildman–Crippen MR) is 74.7 cm³/mol. The standard InChI is InChI=1S/C14H19NO3S/c1-3-9-7-12(19-8(9)2)13(16)15-11-6-4-5-10(11)14(17)18/h7,10-11H,3-6H2,1-2H3,(H,15,16)(H,17,18). The first kappa shape index (κ1) is 14.1. The lowest BCUT2D eigenvalue weighted by Crippen LogP contribution is -2.39. The summed E-state index contributed by atoms with van der Waals surface area (Å²) in [5.74, 6) is -1.37. The van der Waals surface area contributed by atoms with Gasteiger partial charge in [-0.3, -0.25) is 9.59 Å². The number of carbonyl (C=O) groups excluding carboxylic acids is 1. The van der Waals surface area contributed by atoms with Crippen molar-refractivity contribution in [1.29, 1.82) is 0 Å². The molecular weight excluding hydrogens is 262 g/mol. The third-order valence-electron chi connectivity index (χ3n) is 3.77. The Balaban J connectivity index is 2.06. The molecule has 1 aromatic rings. The number of carboxylic acid groups (broad SMARTS) is 1. The summed E-state index contributed by atoms with van der Waals surface area (Å²) in [6, 6.07) is 1.69. The van der Waals surface area contributed by atoms with Crippen molar-refractivity contribution < 1.29 is 14.7 Å². The number of carboxylic acids is 1. The molecule has 5 heteroatoms. The van der Waals surface area contributed by atoms with Gasteiger partial charge in [0.1, 0.15) is 0 Å². The Labute approximate surface area is 116 Å². The monoisotopic (exact) mass is 281 g/mol. The number of amides is 1. The van der Waals surface area contributed by atoms with Gasteiger partial charge in [-0.25, -0.2) is 0 Å². The first-order valence-corrected chi connectivity index (χ1v) is 7.47. The fourth-order valence-electron chi connectivity index (χ4n) is 2.65. The van der Waals surface area contributed by atoms with Crippen LogP contribution < -0.4 is 5.32 Å². The zero-order valence-electron chi connectivity index (χ0n) is 11.2. The number of aliphatic carboxylic acids is 1. The van der Waals surface area contributed by atoms with Crippen LogP contribution in [0, 0.1) is 12.8 Å². The van der Waals surface area contributed by atoms with E-state index in [1.165, 1.54) is 16.9 Å². The molecule has 19 heavy (non-hydrogen) atoms. The highest BCUT2D eigenvalue weighted by atomic mass is 32.1. The second kappa shape index (κ2) is 5.74. The van der Waals surface area contributed by atoms with Crippen molar-refractivity contribution >= 4 is 23.2 Å². The number of hydrogen-bond acceptors (Lipinski definition) is 3. The zero-order valence-corrected chi connectivity index (χ0v) is 12.0. The van der Waals surface area contributed by atoms with Crippen LogP contribution in [0.25, 0.3) is 0 Å². The highest BCUT2D eigenvalue weighted by Crippen LogP contribution is 2.27. The van der Waals surface area contributed by atoms with Crippen LogP contribution >= 0.6 is 11.3 Å². The minimum atomic E-state index is -0.806. The molecule has 1 saturated carbocycles. The molecule has 2 N–H and O–H groups in total. The lowest BCUT2D eigenvalue weighted by atomic mass is 10.0. The van der Waals surface area contributed by atoms with Gasteiger partial charge in [-0.2, -0.15) is 0 Å². The first-order chi connectivity index (χ1) is 9.02. The van der Waals surface area contributed by atoms with Crippen LogP contribution in [0.3, 0.4) is 0 Å². The molecule has 1 aromatic heterocycles. The van der Waals surface area contributed by atoms with Gasteiger partial charge in [-0.15, -0.1) is 11.3 Å². The average molecular weight is 281 g/mol. The maximum atomic E-state index is 12.2. The zero-order chi connectivity index (χ0) is 14.0. The molecule has 0 bridgehead atoms. The molecule has 2 unspecified atom stereocenters. The van der Waals surface area contributed by atoms with E-state index in [-0.39, 0.29) is 11.9 Å². The van der Waals surface area contributed by atoms with Gasteiger partial charge in [-0.05, 0) is 37.8 Å². The third kappa shape index (κ3) is 2.97. The highest BCUT2D eigenvalue weighted by molar-refractivity contribution is 7.14. The summed E-state index contributed by atoms with van der Waals surface area (Å²) >= 11 is 1.48. The van der Waals surface area contributed by atoms with Gasteiger partial charge in [-0.1, -0.05) is 13.3 Å². The Morgan fingerprint density at radius 2 is 2.21 bits per heavy atom. The molecule has 1 aliphatic rings. The topological polar surface area (TPSA) is 66.4 Å². The van der Waals surface area contributed by atoms with Gasteiger partial charge >= 0.3 is 5.97 Å². The van der Waals surface area contributed by atoms with E-state index in [9.17, 15) is 9.59 Å². The molecule has 1 amide bonds. The van der Waals surface area contributed by atoms with Crippen molar-refractivity contribution in [3.63, 3.8) is 0 Å². The van der Waals surface area contributed by atoms with E-state index < -0.39 is 11.9 Å². The number of thiophene rings is 1. The van der Waals surface area contributed by atoms with Crippen molar-refractivity contribution in [2.45, 2.75) is 45.6 Å². The summed E-state index contributed by atoms with van der Waals surface area (Å²) in [7, 11) is 0. The Hall–Kier alpha value is -1.36. The molecular formula is C14H19NO3S. The molecule has 2 atom stereocenters. The van der Waals surface area contributed by atoms with E-state index in [0.717, 1.165) is 24.1 Å². The molecule has 1 aliphatic carbocycles. The van der Waals surface area contributed by atoms with Crippen molar-refractivity contribution in [2.24, 2.45) is 5.92 Å². The number of hydrogen-bond donors (Lipinski definition) is 2. The predicted octanol–water partition coefficient (Wildman–Crippen LogP) is 2.60. The van der Waals surface area contributed by atoms with E-state index in [4.69, 9.17) is 5.11 Å². The van der Waals surface area contributed by atoms with Crippen LogP contribution in [0.4, 0.5) is 0 Å². The van der Waals surface area contributed by atoms with Gasteiger partial charge in [0.05, 0.1) is 10.8 Å². The Morgan fingerprint density at radius 1 is 1.47 bits per heavy atom. The van der Waals surface area contributed by atoms with Crippen molar-refractivity contribution in [3.05, 3.63) is 21.4 Å². The second-order valence-corrected chi connectivity index (χ2v) is 6.26. The molecule has 0 saturated heterocycles. The SMILES string of the molecule is CCc1cc(C(=O)NC2CCCC2C(=O)O)sc1C. The fourth-order valence-corrected chi connectivity index (χ4v) is 3.67. The minimum Gasteiger partial charge on any atom is -0.481 e. The maximum absolute atomic E-state index is 12.2. The molecule has 0 spiro atoms. The van der Waals surface area contributed by atoms with E-state index in [1.54, 1.807) is 0 Å². The lowest BCUT2D eigenvalue weighted by molar-refractivity contribution is -0.142. The molecule has 0 aliphatic heterocycles. The molecule has 1 fully saturated rings. The smallest absolute Gasteiger partial charge is 0.308 e. The van der Waals surface area contributed by atoms with Crippen LogP contribution in [0.1, 0.15) is 46.3 Å². The van der Waals surface area contributed by atoms with Crippen molar-refractivity contribution in [2.75, 3.05) is 0 Å². The van der Waals surface area contributed by atoms with Gasteiger partial charge in [0.2, 0.25) is 0 Å².